The highest BCUT2D eigenvalue weighted by Crippen LogP contribution is 2.15. The molecule has 0 saturated carbocycles. The Morgan fingerprint density at radius 1 is 1.21 bits per heavy atom. The van der Waals surface area contributed by atoms with Gasteiger partial charge in [-0.2, -0.15) is 0 Å². The van der Waals surface area contributed by atoms with Gasteiger partial charge in [0.15, 0.2) is 0 Å². The van der Waals surface area contributed by atoms with Gasteiger partial charge in [0.05, 0.1) is 25.1 Å². The summed E-state index contributed by atoms with van der Waals surface area (Å²) >= 11 is 0. The zero-order valence-electron chi connectivity index (χ0n) is 14.5. The maximum atomic E-state index is 12.2. The summed E-state index contributed by atoms with van der Waals surface area (Å²) in [6, 6.07) is 3.90. The van der Waals surface area contributed by atoms with E-state index in [4.69, 9.17) is 8.83 Å². The molecule has 128 valence electrons. The molecule has 0 amide bonds. The molecule has 2 heterocycles. The van der Waals surface area contributed by atoms with Crippen LogP contribution in [0.1, 0.15) is 50.7 Å². The predicted octanol–water partition coefficient (Wildman–Crippen LogP) is 5.84. The standard InChI is InChI=1S/C21H26O3/c1-17(5-3-7-19-9-11-23-15-19)13-21(22)14-18(2)6-4-8-20-10-12-24-16-20/h3,6-7,9-12,15-17H,4-5,8,13-14H2,1-2H3/b7-3+,18-6+/t17-/m0/s1. The zero-order chi connectivity index (χ0) is 17.2. The number of rotatable bonds is 10. The summed E-state index contributed by atoms with van der Waals surface area (Å²) in [5, 5.41) is 0. The fourth-order valence-corrected chi connectivity index (χ4v) is 2.65. The van der Waals surface area contributed by atoms with Crippen molar-refractivity contribution in [2.75, 3.05) is 0 Å². The first-order chi connectivity index (χ1) is 11.6. The van der Waals surface area contributed by atoms with Crippen LogP contribution in [0, 0.1) is 5.92 Å². The highest BCUT2D eigenvalue weighted by molar-refractivity contribution is 5.80. The Bertz CT molecular complexity index is 645. The van der Waals surface area contributed by atoms with Crippen molar-refractivity contribution in [1.82, 2.24) is 0 Å². The van der Waals surface area contributed by atoms with Crippen LogP contribution in [0.4, 0.5) is 0 Å². The third-order valence-corrected chi connectivity index (χ3v) is 3.95. The SMILES string of the molecule is C/C(=C\CCc1ccoc1)CC(=O)C[C@@H](C)C/C=C/c1ccoc1. The molecule has 3 nitrogen and oxygen atoms in total. The largest absolute Gasteiger partial charge is 0.472 e. The van der Waals surface area contributed by atoms with Crippen molar-refractivity contribution >= 4 is 11.9 Å². The van der Waals surface area contributed by atoms with E-state index in [1.807, 2.05) is 25.1 Å². The van der Waals surface area contributed by atoms with E-state index in [1.54, 1.807) is 25.1 Å². The zero-order valence-corrected chi connectivity index (χ0v) is 14.5. The summed E-state index contributed by atoms with van der Waals surface area (Å²) in [5.41, 5.74) is 3.41. The van der Waals surface area contributed by atoms with Crippen LogP contribution in [0.15, 0.2) is 63.7 Å². The highest BCUT2D eigenvalue weighted by atomic mass is 16.3. The van der Waals surface area contributed by atoms with Gasteiger partial charge < -0.3 is 8.83 Å². The quantitative estimate of drug-likeness (QED) is 0.515. The van der Waals surface area contributed by atoms with Crippen molar-refractivity contribution < 1.29 is 13.6 Å². The van der Waals surface area contributed by atoms with E-state index in [0.717, 1.165) is 30.4 Å². The molecule has 0 aromatic carbocycles. The highest BCUT2D eigenvalue weighted by Gasteiger charge is 2.08. The number of hydrogen-bond acceptors (Lipinski definition) is 3. The van der Waals surface area contributed by atoms with Crippen molar-refractivity contribution in [3.05, 3.63) is 66.0 Å². The van der Waals surface area contributed by atoms with Crippen molar-refractivity contribution in [1.29, 1.82) is 0 Å². The van der Waals surface area contributed by atoms with Crippen LogP contribution in [0.3, 0.4) is 0 Å². The van der Waals surface area contributed by atoms with E-state index in [1.165, 1.54) is 5.56 Å². The molecule has 0 spiro atoms. The lowest BCUT2D eigenvalue weighted by Gasteiger charge is -2.08. The van der Waals surface area contributed by atoms with Gasteiger partial charge >= 0.3 is 0 Å². The second-order valence-corrected chi connectivity index (χ2v) is 6.44. The van der Waals surface area contributed by atoms with Crippen molar-refractivity contribution in [2.45, 2.75) is 46.0 Å². The van der Waals surface area contributed by atoms with Gasteiger partial charge in [-0.05, 0) is 49.8 Å². The fraction of sp³-hybridized carbons (Fsp3) is 0.381. The second-order valence-electron chi connectivity index (χ2n) is 6.44. The van der Waals surface area contributed by atoms with Crippen LogP contribution < -0.4 is 0 Å². The average Bonchev–Trinajstić information content (AvgIpc) is 3.20. The van der Waals surface area contributed by atoms with Gasteiger partial charge in [-0.25, -0.2) is 0 Å². The van der Waals surface area contributed by atoms with Crippen molar-refractivity contribution in [3.63, 3.8) is 0 Å². The molecule has 2 aromatic heterocycles. The molecule has 3 heteroatoms. The smallest absolute Gasteiger partial charge is 0.137 e. The van der Waals surface area contributed by atoms with E-state index in [9.17, 15) is 4.79 Å². The number of allylic oxidation sites excluding steroid dienone is 3. The van der Waals surface area contributed by atoms with Crippen molar-refractivity contribution in [2.24, 2.45) is 5.92 Å². The van der Waals surface area contributed by atoms with E-state index in [-0.39, 0.29) is 0 Å². The van der Waals surface area contributed by atoms with Gasteiger partial charge in [0, 0.05) is 18.4 Å². The topological polar surface area (TPSA) is 43.4 Å². The Hall–Kier alpha value is -2.29. The maximum Gasteiger partial charge on any atom is 0.137 e. The number of ketones is 1. The third kappa shape index (κ3) is 6.86. The van der Waals surface area contributed by atoms with Crippen LogP contribution in [0.25, 0.3) is 6.08 Å². The number of Topliss-reactive ketones (excluding diaryl/α,β-unsaturated/α-hetero) is 1. The minimum absolute atomic E-state index is 0.316. The Balaban J connectivity index is 1.65. The molecule has 0 radical (unpaired) electrons. The molecule has 0 N–H and O–H groups in total. The van der Waals surface area contributed by atoms with Gasteiger partial charge in [-0.1, -0.05) is 30.7 Å². The summed E-state index contributed by atoms with van der Waals surface area (Å²) in [6.07, 6.45) is 17.1. The van der Waals surface area contributed by atoms with Gasteiger partial charge in [-0.3, -0.25) is 4.79 Å². The lowest BCUT2D eigenvalue weighted by Crippen LogP contribution is -2.05. The van der Waals surface area contributed by atoms with E-state index in [2.05, 4.69) is 19.1 Å². The van der Waals surface area contributed by atoms with Gasteiger partial charge in [0.1, 0.15) is 5.78 Å². The van der Waals surface area contributed by atoms with Gasteiger partial charge in [-0.15, -0.1) is 0 Å². The summed E-state index contributed by atoms with van der Waals surface area (Å²) in [4.78, 5) is 12.2. The lowest BCUT2D eigenvalue weighted by molar-refractivity contribution is -0.119. The first kappa shape index (κ1) is 18.1. The summed E-state index contributed by atoms with van der Waals surface area (Å²) < 4.78 is 10.1. The molecule has 0 aliphatic carbocycles. The summed E-state index contributed by atoms with van der Waals surface area (Å²) in [7, 11) is 0. The molecule has 0 saturated heterocycles. The summed E-state index contributed by atoms with van der Waals surface area (Å²) in [5.74, 6) is 0.677. The van der Waals surface area contributed by atoms with Gasteiger partial charge in [0.25, 0.3) is 0 Å². The fourth-order valence-electron chi connectivity index (χ4n) is 2.65. The molecule has 0 unspecified atom stereocenters. The number of aryl methyl sites for hydroxylation is 1. The van der Waals surface area contributed by atoms with Crippen LogP contribution in [0.2, 0.25) is 0 Å². The van der Waals surface area contributed by atoms with Gasteiger partial charge in [0.2, 0.25) is 0 Å². The predicted molar refractivity (Wildman–Crippen MR) is 96.6 cm³/mol. The second kappa shape index (κ2) is 9.76. The molecule has 0 fully saturated rings. The van der Waals surface area contributed by atoms with Crippen LogP contribution in [-0.2, 0) is 11.2 Å². The Morgan fingerprint density at radius 2 is 2.00 bits per heavy atom. The molecule has 24 heavy (non-hydrogen) atoms. The van der Waals surface area contributed by atoms with E-state index < -0.39 is 0 Å². The average molecular weight is 326 g/mol. The lowest BCUT2D eigenvalue weighted by atomic mass is 9.97. The number of carbonyl (C=O) groups is 1. The molecular formula is C21H26O3. The number of furan rings is 2. The Labute approximate surface area is 144 Å². The Kier molecular flexibility index (Phi) is 7.34. The molecule has 2 rings (SSSR count). The monoisotopic (exact) mass is 326 g/mol. The summed E-state index contributed by atoms with van der Waals surface area (Å²) in [6.45, 7) is 4.16. The number of carbonyl (C=O) groups excluding carboxylic acids is 1. The van der Waals surface area contributed by atoms with Crippen LogP contribution >= 0.6 is 0 Å². The van der Waals surface area contributed by atoms with Crippen LogP contribution in [0.5, 0.6) is 0 Å². The third-order valence-electron chi connectivity index (χ3n) is 3.95. The molecule has 0 aliphatic heterocycles. The molecule has 2 aromatic rings. The first-order valence-corrected chi connectivity index (χ1v) is 8.50. The van der Waals surface area contributed by atoms with Crippen LogP contribution in [-0.4, -0.2) is 5.78 Å². The Morgan fingerprint density at radius 3 is 2.71 bits per heavy atom. The van der Waals surface area contributed by atoms with E-state index in [0.29, 0.717) is 24.5 Å². The van der Waals surface area contributed by atoms with E-state index >= 15 is 0 Å². The van der Waals surface area contributed by atoms with Crippen molar-refractivity contribution in [3.8, 4) is 0 Å². The first-order valence-electron chi connectivity index (χ1n) is 8.50. The molecule has 0 bridgehead atoms. The molecule has 1 atom stereocenters. The molecular weight excluding hydrogens is 300 g/mol. The minimum Gasteiger partial charge on any atom is -0.472 e. The minimum atomic E-state index is 0.316. The normalized spacial score (nSPS) is 13.5. The molecule has 0 aliphatic rings. The maximum absolute atomic E-state index is 12.2. The number of hydrogen-bond donors (Lipinski definition) is 0.